The fraction of sp³-hybridized carbons (Fsp3) is 0.600. The highest BCUT2D eigenvalue weighted by molar-refractivity contribution is 7.89. The first-order chi connectivity index (χ1) is 9.36. The SMILES string of the molecule is CCc1ccc(S(=O)(=O)N(C)CC(C)CC)cc1CO. The van der Waals surface area contributed by atoms with E-state index in [-0.39, 0.29) is 11.5 Å². The number of benzene rings is 1. The molecule has 0 spiro atoms. The Morgan fingerprint density at radius 1 is 1.25 bits per heavy atom. The van der Waals surface area contributed by atoms with Crippen molar-refractivity contribution in [2.45, 2.75) is 45.1 Å². The molecule has 1 unspecified atom stereocenters. The van der Waals surface area contributed by atoms with Gasteiger partial charge in [0.2, 0.25) is 10.0 Å². The lowest BCUT2D eigenvalue weighted by molar-refractivity contribution is 0.280. The van der Waals surface area contributed by atoms with Crippen molar-refractivity contribution in [1.29, 1.82) is 0 Å². The average molecular weight is 299 g/mol. The van der Waals surface area contributed by atoms with Crippen LogP contribution in [0, 0.1) is 5.92 Å². The van der Waals surface area contributed by atoms with Gasteiger partial charge in [0.05, 0.1) is 11.5 Å². The Bertz CT molecular complexity index is 540. The monoisotopic (exact) mass is 299 g/mol. The lowest BCUT2D eigenvalue weighted by atomic mass is 10.1. The van der Waals surface area contributed by atoms with Crippen molar-refractivity contribution in [2.75, 3.05) is 13.6 Å². The highest BCUT2D eigenvalue weighted by Crippen LogP contribution is 2.20. The summed E-state index contributed by atoms with van der Waals surface area (Å²) in [5, 5.41) is 9.35. The smallest absolute Gasteiger partial charge is 0.242 e. The molecule has 1 atom stereocenters. The van der Waals surface area contributed by atoms with Crippen molar-refractivity contribution in [2.24, 2.45) is 5.92 Å². The Kier molecular flexibility index (Phi) is 6.17. The van der Waals surface area contributed by atoms with E-state index >= 15 is 0 Å². The molecular weight excluding hydrogens is 274 g/mol. The number of nitrogens with zero attached hydrogens (tertiary/aromatic N) is 1. The maximum Gasteiger partial charge on any atom is 0.242 e. The van der Waals surface area contributed by atoms with Gasteiger partial charge in [0.1, 0.15) is 0 Å². The van der Waals surface area contributed by atoms with Crippen LogP contribution in [-0.2, 0) is 23.1 Å². The second-order valence-electron chi connectivity index (χ2n) is 5.24. The third kappa shape index (κ3) is 3.81. The van der Waals surface area contributed by atoms with Crippen LogP contribution in [0.4, 0.5) is 0 Å². The number of rotatable bonds is 7. The summed E-state index contributed by atoms with van der Waals surface area (Å²) in [5.74, 6) is 0.321. The van der Waals surface area contributed by atoms with Gasteiger partial charge in [-0.25, -0.2) is 12.7 Å². The average Bonchev–Trinajstić information content (AvgIpc) is 2.45. The molecule has 1 N–H and O–H groups in total. The molecule has 5 heteroatoms. The number of aryl methyl sites for hydroxylation is 1. The van der Waals surface area contributed by atoms with E-state index in [2.05, 4.69) is 0 Å². The molecule has 0 fully saturated rings. The van der Waals surface area contributed by atoms with Gasteiger partial charge in [-0.2, -0.15) is 0 Å². The minimum absolute atomic E-state index is 0.137. The van der Waals surface area contributed by atoms with Crippen LogP contribution in [0.3, 0.4) is 0 Å². The van der Waals surface area contributed by atoms with E-state index in [1.54, 1.807) is 25.2 Å². The molecule has 0 aliphatic rings. The van der Waals surface area contributed by atoms with Gasteiger partial charge < -0.3 is 5.11 Å². The van der Waals surface area contributed by atoms with Gasteiger partial charge in [0, 0.05) is 13.6 Å². The molecule has 1 aromatic rings. The zero-order valence-electron chi connectivity index (χ0n) is 12.8. The predicted molar refractivity (Wildman–Crippen MR) is 81.0 cm³/mol. The normalized spacial score (nSPS) is 13.7. The van der Waals surface area contributed by atoms with Gasteiger partial charge in [0.15, 0.2) is 0 Å². The van der Waals surface area contributed by atoms with Crippen molar-refractivity contribution in [3.63, 3.8) is 0 Å². The summed E-state index contributed by atoms with van der Waals surface area (Å²) in [6.45, 7) is 6.43. The van der Waals surface area contributed by atoms with Crippen LogP contribution in [0.15, 0.2) is 23.1 Å². The Morgan fingerprint density at radius 2 is 1.90 bits per heavy atom. The van der Waals surface area contributed by atoms with Gasteiger partial charge in [-0.3, -0.25) is 0 Å². The van der Waals surface area contributed by atoms with Crippen LogP contribution in [0.1, 0.15) is 38.3 Å². The highest BCUT2D eigenvalue weighted by atomic mass is 32.2. The van der Waals surface area contributed by atoms with Crippen LogP contribution in [0.2, 0.25) is 0 Å². The maximum atomic E-state index is 12.5. The number of sulfonamides is 1. The zero-order chi connectivity index (χ0) is 15.3. The highest BCUT2D eigenvalue weighted by Gasteiger charge is 2.22. The molecule has 0 aliphatic heterocycles. The summed E-state index contributed by atoms with van der Waals surface area (Å²) in [4.78, 5) is 0.254. The molecule has 0 radical (unpaired) electrons. The molecule has 1 rings (SSSR count). The lowest BCUT2D eigenvalue weighted by Gasteiger charge is -2.21. The zero-order valence-corrected chi connectivity index (χ0v) is 13.6. The molecule has 0 heterocycles. The van der Waals surface area contributed by atoms with Crippen LogP contribution in [-0.4, -0.2) is 31.4 Å². The number of aliphatic hydroxyl groups is 1. The fourth-order valence-corrected chi connectivity index (χ4v) is 3.44. The fourth-order valence-electron chi connectivity index (χ4n) is 2.10. The summed E-state index contributed by atoms with van der Waals surface area (Å²) in [6.07, 6.45) is 1.72. The minimum atomic E-state index is -3.48. The van der Waals surface area contributed by atoms with E-state index in [0.717, 1.165) is 18.4 Å². The standard InChI is InChI=1S/C15H25NO3S/c1-5-12(3)10-16(4)20(18,19)15-8-7-13(6-2)14(9-15)11-17/h7-9,12,17H,5-6,10-11H2,1-4H3. The number of hydrogen-bond donors (Lipinski definition) is 1. The van der Waals surface area contributed by atoms with Gasteiger partial charge in [-0.05, 0) is 35.6 Å². The molecule has 4 nitrogen and oxygen atoms in total. The Balaban J connectivity index is 3.09. The van der Waals surface area contributed by atoms with Crippen molar-refractivity contribution in [1.82, 2.24) is 4.31 Å². The molecule has 0 aromatic heterocycles. The largest absolute Gasteiger partial charge is 0.392 e. The van der Waals surface area contributed by atoms with Crippen molar-refractivity contribution >= 4 is 10.0 Å². The minimum Gasteiger partial charge on any atom is -0.392 e. The van der Waals surface area contributed by atoms with E-state index < -0.39 is 10.0 Å². The first-order valence-corrected chi connectivity index (χ1v) is 8.49. The molecule has 0 saturated heterocycles. The Labute approximate surface area is 122 Å². The summed E-state index contributed by atoms with van der Waals surface area (Å²) < 4.78 is 26.4. The van der Waals surface area contributed by atoms with Crippen LogP contribution in [0.5, 0.6) is 0 Å². The van der Waals surface area contributed by atoms with Crippen LogP contribution in [0.25, 0.3) is 0 Å². The number of hydrogen-bond acceptors (Lipinski definition) is 3. The van der Waals surface area contributed by atoms with E-state index in [1.807, 2.05) is 20.8 Å². The summed E-state index contributed by atoms with van der Waals surface area (Å²) in [6, 6.07) is 5.00. The van der Waals surface area contributed by atoms with E-state index in [0.29, 0.717) is 18.0 Å². The molecule has 0 saturated carbocycles. The van der Waals surface area contributed by atoms with E-state index in [4.69, 9.17) is 0 Å². The molecular formula is C15H25NO3S. The molecule has 0 bridgehead atoms. The first kappa shape index (κ1) is 17.1. The lowest BCUT2D eigenvalue weighted by Crippen LogP contribution is -2.31. The van der Waals surface area contributed by atoms with Gasteiger partial charge >= 0.3 is 0 Å². The van der Waals surface area contributed by atoms with Gasteiger partial charge in [0.25, 0.3) is 0 Å². The van der Waals surface area contributed by atoms with E-state index in [1.165, 1.54) is 4.31 Å². The summed E-state index contributed by atoms with van der Waals surface area (Å²) in [7, 11) is -1.87. The predicted octanol–water partition coefficient (Wildman–Crippen LogP) is 2.41. The van der Waals surface area contributed by atoms with Gasteiger partial charge in [-0.1, -0.05) is 33.3 Å². The van der Waals surface area contributed by atoms with E-state index in [9.17, 15) is 13.5 Å². The van der Waals surface area contributed by atoms with Crippen LogP contribution >= 0.6 is 0 Å². The third-order valence-electron chi connectivity index (χ3n) is 3.70. The maximum absolute atomic E-state index is 12.5. The Morgan fingerprint density at radius 3 is 2.40 bits per heavy atom. The van der Waals surface area contributed by atoms with Crippen molar-refractivity contribution in [3.8, 4) is 0 Å². The molecule has 114 valence electrons. The topological polar surface area (TPSA) is 57.6 Å². The van der Waals surface area contributed by atoms with Crippen molar-refractivity contribution < 1.29 is 13.5 Å². The quantitative estimate of drug-likeness (QED) is 0.841. The number of aliphatic hydroxyl groups excluding tert-OH is 1. The second kappa shape index (κ2) is 7.20. The molecule has 1 aromatic carbocycles. The molecule has 20 heavy (non-hydrogen) atoms. The van der Waals surface area contributed by atoms with Crippen LogP contribution < -0.4 is 0 Å². The van der Waals surface area contributed by atoms with Crippen molar-refractivity contribution in [3.05, 3.63) is 29.3 Å². The molecule has 0 aliphatic carbocycles. The second-order valence-corrected chi connectivity index (χ2v) is 7.29. The summed E-state index contributed by atoms with van der Waals surface area (Å²) in [5.41, 5.74) is 1.67. The Hall–Kier alpha value is -0.910. The summed E-state index contributed by atoms with van der Waals surface area (Å²) >= 11 is 0. The third-order valence-corrected chi connectivity index (χ3v) is 5.52. The van der Waals surface area contributed by atoms with Gasteiger partial charge in [-0.15, -0.1) is 0 Å². The first-order valence-electron chi connectivity index (χ1n) is 7.05. The molecule has 0 amide bonds.